The Morgan fingerprint density at radius 3 is 2.88 bits per heavy atom. The monoisotopic (exact) mass is 226 g/mol. The first kappa shape index (κ1) is 13.2. The van der Waals surface area contributed by atoms with E-state index < -0.39 is 5.97 Å². The Balaban J connectivity index is 2.70. The van der Waals surface area contributed by atoms with Gasteiger partial charge in [-0.3, -0.25) is 9.69 Å². The maximum absolute atomic E-state index is 10.8. The number of carboxylic acid groups (broad SMARTS) is 1. The van der Waals surface area contributed by atoms with Crippen LogP contribution in [0.3, 0.4) is 0 Å². The summed E-state index contributed by atoms with van der Waals surface area (Å²) >= 11 is 0. The molecule has 0 aromatic rings. The summed E-state index contributed by atoms with van der Waals surface area (Å²) in [5, 5.41) is 8.92. The van der Waals surface area contributed by atoms with E-state index in [4.69, 9.17) is 5.11 Å². The molecule has 92 valence electrons. The smallest absolute Gasteiger partial charge is 0.304 e. The number of carbonyl (C=O) groups is 1. The number of carboxylic acids is 1. The lowest BCUT2D eigenvalue weighted by molar-refractivity contribution is -0.138. The van der Waals surface area contributed by atoms with Crippen LogP contribution in [0, 0.1) is 0 Å². The van der Waals surface area contributed by atoms with Crippen molar-refractivity contribution in [2.24, 2.45) is 0 Å². The van der Waals surface area contributed by atoms with E-state index in [1.54, 1.807) is 0 Å². The van der Waals surface area contributed by atoms with E-state index in [0.29, 0.717) is 6.04 Å². The second-order valence-electron chi connectivity index (χ2n) is 4.61. The van der Waals surface area contributed by atoms with Crippen molar-refractivity contribution in [3.05, 3.63) is 12.7 Å². The highest BCUT2D eigenvalue weighted by atomic mass is 16.4. The zero-order valence-corrected chi connectivity index (χ0v) is 10.2. The second kappa shape index (κ2) is 6.01. The van der Waals surface area contributed by atoms with Crippen molar-refractivity contribution in [1.82, 2.24) is 9.80 Å². The molecule has 1 heterocycles. The molecule has 0 aliphatic carbocycles. The average Bonchev–Trinajstić information content (AvgIpc) is 2.32. The third-order valence-corrected chi connectivity index (χ3v) is 3.38. The van der Waals surface area contributed by atoms with Crippen LogP contribution < -0.4 is 0 Å². The van der Waals surface area contributed by atoms with Gasteiger partial charge in [0.1, 0.15) is 0 Å². The van der Waals surface area contributed by atoms with Gasteiger partial charge in [-0.05, 0) is 20.4 Å². The predicted octanol–water partition coefficient (Wildman–Crippen LogP) is 1.04. The third kappa shape index (κ3) is 3.61. The van der Waals surface area contributed by atoms with E-state index in [1.807, 2.05) is 6.08 Å². The predicted molar refractivity (Wildman–Crippen MR) is 64.5 cm³/mol. The summed E-state index contributed by atoms with van der Waals surface area (Å²) in [7, 11) is 2.07. The van der Waals surface area contributed by atoms with E-state index in [2.05, 4.69) is 30.4 Å². The summed E-state index contributed by atoms with van der Waals surface area (Å²) in [6.07, 6.45) is 3.15. The maximum Gasteiger partial charge on any atom is 0.304 e. The average molecular weight is 226 g/mol. The number of hydrogen-bond acceptors (Lipinski definition) is 3. The van der Waals surface area contributed by atoms with Gasteiger partial charge in [-0.2, -0.15) is 0 Å². The molecule has 2 atom stereocenters. The number of likely N-dealkylation sites (N-methyl/N-ethyl adjacent to an activating group) is 1. The summed E-state index contributed by atoms with van der Waals surface area (Å²) < 4.78 is 0. The van der Waals surface area contributed by atoms with Crippen LogP contribution in [0.2, 0.25) is 0 Å². The van der Waals surface area contributed by atoms with Gasteiger partial charge in [0, 0.05) is 31.7 Å². The molecule has 4 nitrogen and oxygen atoms in total. The Morgan fingerprint density at radius 2 is 2.31 bits per heavy atom. The van der Waals surface area contributed by atoms with Crippen LogP contribution in [0.15, 0.2) is 12.7 Å². The van der Waals surface area contributed by atoms with Crippen molar-refractivity contribution in [3.8, 4) is 0 Å². The minimum Gasteiger partial charge on any atom is -0.481 e. The minimum atomic E-state index is -0.720. The summed E-state index contributed by atoms with van der Waals surface area (Å²) in [5.41, 5.74) is 0. The standard InChI is InChI=1S/C12H22N2O2/c1-4-6-14-7-5-10(2)13(3)9-11(14)8-12(15)16/h4,10-11H,1,5-9H2,2-3H3,(H,15,16). The van der Waals surface area contributed by atoms with E-state index in [0.717, 1.165) is 26.1 Å². The lowest BCUT2D eigenvalue weighted by atomic mass is 10.1. The Labute approximate surface area is 97.5 Å². The molecule has 1 saturated heterocycles. The second-order valence-corrected chi connectivity index (χ2v) is 4.61. The minimum absolute atomic E-state index is 0.102. The van der Waals surface area contributed by atoms with Crippen LogP contribution in [0.5, 0.6) is 0 Å². The fourth-order valence-electron chi connectivity index (χ4n) is 2.18. The molecule has 0 aromatic heterocycles. The topological polar surface area (TPSA) is 43.8 Å². The number of nitrogens with zero attached hydrogens (tertiary/aromatic N) is 2. The van der Waals surface area contributed by atoms with Crippen LogP contribution in [-0.4, -0.2) is 59.6 Å². The molecule has 1 aliphatic heterocycles. The van der Waals surface area contributed by atoms with Crippen molar-refractivity contribution < 1.29 is 9.90 Å². The first-order chi connectivity index (χ1) is 7.54. The van der Waals surface area contributed by atoms with Gasteiger partial charge < -0.3 is 10.0 Å². The molecule has 1 N–H and O–H groups in total. The molecule has 0 bridgehead atoms. The molecule has 16 heavy (non-hydrogen) atoms. The van der Waals surface area contributed by atoms with Crippen molar-refractivity contribution in [2.45, 2.75) is 31.8 Å². The van der Waals surface area contributed by atoms with Crippen LogP contribution in [0.1, 0.15) is 19.8 Å². The first-order valence-corrected chi connectivity index (χ1v) is 5.81. The highest BCUT2D eigenvalue weighted by Crippen LogP contribution is 2.16. The van der Waals surface area contributed by atoms with Crippen molar-refractivity contribution >= 4 is 5.97 Å². The van der Waals surface area contributed by atoms with Gasteiger partial charge in [0.15, 0.2) is 0 Å². The zero-order chi connectivity index (χ0) is 12.1. The maximum atomic E-state index is 10.8. The van der Waals surface area contributed by atoms with E-state index in [9.17, 15) is 4.79 Å². The molecule has 0 spiro atoms. The number of hydrogen-bond donors (Lipinski definition) is 1. The largest absolute Gasteiger partial charge is 0.481 e. The van der Waals surface area contributed by atoms with Crippen LogP contribution >= 0.6 is 0 Å². The van der Waals surface area contributed by atoms with Gasteiger partial charge in [0.25, 0.3) is 0 Å². The lowest BCUT2D eigenvalue weighted by Crippen LogP contribution is -2.42. The van der Waals surface area contributed by atoms with E-state index in [1.165, 1.54) is 0 Å². The summed E-state index contributed by atoms with van der Waals surface area (Å²) in [5.74, 6) is -0.720. The molecule has 0 aromatic carbocycles. The molecule has 1 fully saturated rings. The molecule has 0 saturated carbocycles. The highest BCUT2D eigenvalue weighted by molar-refractivity contribution is 5.67. The Hall–Kier alpha value is -0.870. The lowest BCUT2D eigenvalue weighted by Gasteiger charge is -2.29. The Kier molecular flexibility index (Phi) is 4.96. The van der Waals surface area contributed by atoms with Crippen molar-refractivity contribution in [1.29, 1.82) is 0 Å². The third-order valence-electron chi connectivity index (χ3n) is 3.38. The summed E-state index contributed by atoms with van der Waals surface area (Å²) in [6.45, 7) is 8.47. The van der Waals surface area contributed by atoms with Crippen LogP contribution in [-0.2, 0) is 4.79 Å². The van der Waals surface area contributed by atoms with Gasteiger partial charge >= 0.3 is 5.97 Å². The Bertz CT molecular complexity index is 255. The quantitative estimate of drug-likeness (QED) is 0.727. The molecule has 1 aliphatic rings. The van der Waals surface area contributed by atoms with Gasteiger partial charge in [-0.25, -0.2) is 0 Å². The zero-order valence-electron chi connectivity index (χ0n) is 10.2. The first-order valence-electron chi connectivity index (χ1n) is 5.81. The molecule has 0 radical (unpaired) electrons. The van der Waals surface area contributed by atoms with Crippen molar-refractivity contribution in [3.63, 3.8) is 0 Å². The highest BCUT2D eigenvalue weighted by Gasteiger charge is 2.27. The molecule has 4 heteroatoms. The van der Waals surface area contributed by atoms with E-state index >= 15 is 0 Å². The summed E-state index contributed by atoms with van der Waals surface area (Å²) in [6, 6.07) is 0.622. The molecular formula is C12H22N2O2. The summed E-state index contributed by atoms with van der Waals surface area (Å²) in [4.78, 5) is 15.3. The van der Waals surface area contributed by atoms with E-state index in [-0.39, 0.29) is 12.5 Å². The molecule has 2 unspecified atom stereocenters. The fourth-order valence-corrected chi connectivity index (χ4v) is 2.18. The fraction of sp³-hybridized carbons (Fsp3) is 0.750. The van der Waals surface area contributed by atoms with Gasteiger partial charge in [-0.1, -0.05) is 6.08 Å². The van der Waals surface area contributed by atoms with Crippen LogP contribution in [0.4, 0.5) is 0 Å². The molecule has 0 amide bonds. The molecule has 1 rings (SSSR count). The van der Waals surface area contributed by atoms with Gasteiger partial charge in [-0.15, -0.1) is 6.58 Å². The molecular weight excluding hydrogens is 204 g/mol. The van der Waals surface area contributed by atoms with Gasteiger partial charge in [0.2, 0.25) is 0 Å². The SMILES string of the molecule is C=CCN1CCC(C)N(C)CC1CC(=O)O. The Morgan fingerprint density at radius 1 is 1.62 bits per heavy atom. The van der Waals surface area contributed by atoms with Crippen molar-refractivity contribution in [2.75, 3.05) is 26.7 Å². The normalized spacial score (nSPS) is 28.6. The van der Waals surface area contributed by atoms with Gasteiger partial charge in [0.05, 0.1) is 6.42 Å². The van der Waals surface area contributed by atoms with Crippen LogP contribution in [0.25, 0.3) is 0 Å². The number of aliphatic carboxylic acids is 1. The number of rotatable bonds is 4.